The molecule has 0 aliphatic carbocycles. The highest BCUT2D eigenvalue weighted by molar-refractivity contribution is 14.0. The summed E-state index contributed by atoms with van der Waals surface area (Å²) in [7, 11) is 0. The maximum absolute atomic E-state index is 13.4. The minimum Gasteiger partial charge on any atom is -0.382 e. The summed E-state index contributed by atoms with van der Waals surface area (Å²) in [6, 6.07) is 4.94. The fourth-order valence-corrected chi connectivity index (χ4v) is 2.80. The number of unbranched alkanes of at least 4 members (excludes halogenated alkanes) is 1. The van der Waals surface area contributed by atoms with Gasteiger partial charge in [0.15, 0.2) is 5.96 Å². The van der Waals surface area contributed by atoms with E-state index in [1.54, 1.807) is 17.8 Å². The summed E-state index contributed by atoms with van der Waals surface area (Å²) in [4.78, 5) is 4.62. The zero-order valence-electron chi connectivity index (χ0n) is 15.4. The number of benzene rings is 1. The Hall–Kier alpha value is -0.540. The Bertz CT molecular complexity index is 503. The van der Waals surface area contributed by atoms with Crippen LogP contribution in [0.15, 0.2) is 23.2 Å². The quantitative estimate of drug-likeness (QED) is 0.215. The predicted molar refractivity (Wildman–Crippen MR) is 118 cm³/mol. The third kappa shape index (κ3) is 10.9. The Morgan fingerprint density at radius 3 is 2.68 bits per heavy atom. The van der Waals surface area contributed by atoms with Crippen molar-refractivity contribution in [1.82, 2.24) is 10.6 Å². The molecule has 1 aromatic carbocycles. The third-order valence-electron chi connectivity index (χ3n) is 3.43. The molecule has 1 rings (SSSR count). The van der Waals surface area contributed by atoms with E-state index in [-0.39, 0.29) is 29.8 Å². The molecule has 0 aliphatic heterocycles. The van der Waals surface area contributed by atoms with Gasteiger partial charge in [-0.2, -0.15) is 11.8 Å². The second-order valence-electron chi connectivity index (χ2n) is 5.37. The first-order chi connectivity index (χ1) is 11.7. The number of guanidine groups is 1. The summed E-state index contributed by atoms with van der Waals surface area (Å²) < 4.78 is 18.7. The molecule has 2 N–H and O–H groups in total. The van der Waals surface area contributed by atoms with Gasteiger partial charge in [0.05, 0.1) is 6.54 Å². The normalized spacial score (nSPS) is 11.1. The first kappa shape index (κ1) is 24.5. The average Bonchev–Trinajstić information content (AvgIpc) is 2.57. The third-order valence-corrected chi connectivity index (χ3v) is 4.03. The summed E-state index contributed by atoms with van der Waals surface area (Å²) >= 11 is 1.69. The smallest absolute Gasteiger partial charge is 0.191 e. The van der Waals surface area contributed by atoms with Gasteiger partial charge in [-0.25, -0.2) is 9.38 Å². The molecule has 1 aromatic rings. The van der Waals surface area contributed by atoms with Gasteiger partial charge in [0.2, 0.25) is 0 Å². The summed E-state index contributed by atoms with van der Waals surface area (Å²) in [6.07, 6.45) is 4.10. The number of aliphatic imine (C=N–C) groups is 1. The highest BCUT2D eigenvalue weighted by Crippen LogP contribution is 2.17. The lowest BCUT2D eigenvalue weighted by molar-refractivity contribution is 0.143. The molecule has 0 atom stereocenters. The van der Waals surface area contributed by atoms with Crippen molar-refractivity contribution in [1.29, 1.82) is 0 Å². The summed E-state index contributed by atoms with van der Waals surface area (Å²) in [5.41, 5.74) is 2.08. The summed E-state index contributed by atoms with van der Waals surface area (Å²) in [6.45, 7) is 7.85. The Kier molecular flexibility index (Phi) is 15.4. The Morgan fingerprint density at radius 1 is 1.20 bits per heavy atom. The number of hydrogen-bond acceptors (Lipinski definition) is 3. The Labute approximate surface area is 172 Å². The molecule has 25 heavy (non-hydrogen) atoms. The van der Waals surface area contributed by atoms with Crippen molar-refractivity contribution in [3.05, 3.63) is 35.1 Å². The van der Waals surface area contributed by atoms with Gasteiger partial charge in [0.25, 0.3) is 0 Å². The van der Waals surface area contributed by atoms with Crippen LogP contribution in [0.2, 0.25) is 0 Å². The van der Waals surface area contributed by atoms with Crippen molar-refractivity contribution < 1.29 is 9.13 Å². The van der Waals surface area contributed by atoms with E-state index in [1.165, 1.54) is 6.07 Å². The lowest BCUT2D eigenvalue weighted by Gasteiger charge is -2.12. The van der Waals surface area contributed by atoms with Crippen LogP contribution in [-0.4, -0.2) is 38.5 Å². The first-order valence-corrected chi connectivity index (χ1v) is 9.96. The fourth-order valence-electron chi connectivity index (χ4n) is 2.22. The maximum atomic E-state index is 13.4. The Morgan fingerprint density at radius 2 is 2.00 bits per heavy atom. The molecule has 0 aliphatic rings. The number of halogens is 2. The van der Waals surface area contributed by atoms with Gasteiger partial charge in [-0.1, -0.05) is 6.07 Å². The van der Waals surface area contributed by atoms with E-state index in [0.29, 0.717) is 6.54 Å². The minimum absolute atomic E-state index is 0. The van der Waals surface area contributed by atoms with Crippen LogP contribution < -0.4 is 10.6 Å². The molecule has 0 saturated carbocycles. The first-order valence-electron chi connectivity index (χ1n) is 8.57. The average molecular weight is 483 g/mol. The number of nitrogens with one attached hydrogen (secondary N) is 2. The van der Waals surface area contributed by atoms with Crippen molar-refractivity contribution in [3.63, 3.8) is 0 Å². The van der Waals surface area contributed by atoms with E-state index in [0.717, 1.165) is 62.0 Å². The highest BCUT2D eigenvalue weighted by atomic mass is 127. The molecule has 144 valence electrons. The lowest BCUT2D eigenvalue weighted by atomic mass is 10.1. The molecule has 4 nitrogen and oxygen atoms in total. The van der Waals surface area contributed by atoms with Crippen LogP contribution in [0.5, 0.6) is 0 Å². The van der Waals surface area contributed by atoms with Gasteiger partial charge >= 0.3 is 0 Å². The van der Waals surface area contributed by atoms with Crippen LogP contribution in [0, 0.1) is 5.82 Å². The van der Waals surface area contributed by atoms with Gasteiger partial charge in [-0.3, -0.25) is 0 Å². The van der Waals surface area contributed by atoms with E-state index in [4.69, 9.17) is 4.74 Å². The topological polar surface area (TPSA) is 45.7 Å². The van der Waals surface area contributed by atoms with Crippen molar-refractivity contribution in [2.75, 3.05) is 32.6 Å². The SMILES string of the molecule is CCNC(=NCc1ccc(F)cc1CSC)NCCCCOCC.I. The number of nitrogens with zero attached hydrogens (tertiary/aromatic N) is 1. The van der Waals surface area contributed by atoms with Gasteiger partial charge in [-0.05, 0) is 56.2 Å². The van der Waals surface area contributed by atoms with Gasteiger partial charge in [-0.15, -0.1) is 24.0 Å². The van der Waals surface area contributed by atoms with E-state index >= 15 is 0 Å². The zero-order chi connectivity index (χ0) is 17.6. The molecule has 0 spiro atoms. The maximum Gasteiger partial charge on any atom is 0.191 e. The van der Waals surface area contributed by atoms with Crippen molar-refractivity contribution in [2.24, 2.45) is 4.99 Å². The lowest BCUT2D eigenvalue weighted by Crippen LogP contribution is -2.37. The second-order valence-corrected chi connectivity index (χ2v) is 6.24. The number of ether oxygens (including phenoxy) is 1. The summed E-state index contributed by atoms with van der Waals surface area (Å²) in [5.74, 6) is 1.41. The van der Waals surface area contributed by atoms with Crippen molar-refractivity contribution in [3.8, 4) is 0 Å². The van der Waals surface area contributed by atoms with E-state index in [9.17, 15) is 4.39 Å². The molecule has 0 heterocycles. The van der Waals surface area contributed by atoms with E-state index in [1.807, 2.05) is 26.2 Å². The molecule has 7 heteroatoms. The highest BCUT2D eigenvalue weighted by Gasteiger charge is 2.04. The minimum atomic E-state index is -0.189. The van der Waals surface area contributed by atoms with Crippen molar-refractivity contribution in [2.45, 2.75) is 39.0 Å². The van der Waals surface area contributed by atoms with Crippen LogP contribution >= 0.6 is 35.7 Å². The number of rotatable bonds is 11. The monoisotopic (exact) mass is 483 g/mol. The predicted octanol–water partition coefficient (Wildman–Crippen LogP) is 4.18. The number of hydrogen-bond donors (Lipinski definition) is 2. The van der Waals surface area contributed by atoms with Crippen LogP contribution in [0.25, 0.3) is 0 Å². The molecule has 0 radical (unpaired) electrons. The molecule has 0 aromatic heterocycles. The van der Waals surface area contributed by atoms with E-state index in [2.05, 4.69) is 15.6 Å². The standard InChI is InChI=1S/C18H30FN3OS.HI/c1-4-20-18(21-10-6-7-11-23-5-2)22-13-15-8-9-17(19)12-16(15)14-24-3;/h8-9,12H,4-7,10-11,13-14H2,1-3H3,(H2,20,21,22);1H. The summed E-state index contributed by atoms with van der Waals surface area (Å²) in [5, 5.41) is 6.58. The largest absolute Gasteiger partial charge is 0.382 e. The molecular formula is C18H31FIN3OS. The molecule has 0 unspecified atom stereocenters. The van der Waals surface area contributed by atoms with Gasteiger partial charge in [0, 0.05) is 32.1 Å². The molecule has 0 bridgehead atoms. The molecular weight excluding hydrogens is 452 g/mol. The molecule has 0 amide bonds. The van der Waals surface area contributed by atoms with Crippen LogP contribution in [0.3, 0.4) is 0 Å². The zero-order valence-corrected chi connectivity index (χ0v) is 18.6. The number of thioether (sulfide) groups is 1. The fraction of sp³-hybridized carbons (Fsp3) is 0.611. The molecule has 0 saturated heterocycles. The van der Waals surface area contributed by atoms with Gasteiger partial charge in [0.1, 0.15) is 5.82 Å². The molecule has 0 fully saturated rings. The van der Waals surface area contributed by atoms with Crippen LogP contribution in [0.1, 0.15) is 37.8 Å². The van der Waals surface area contributed by atoms with Crippen LogP contribution in [-0.2, 0) is 17.0 Å². The van der Waals surface area contributed by atoms with Crippen molar-refractivity contribution >= 4 is 41.7 Å². The second kappa shape index (κ2) is 15.7. The van der Waals surface area contributed by atoms with E-state index < -0.39 is 0 Å². The Balaban J connectivity index is 0.00000576. The van der Waals surface area contributed by atoms with Crippen LogP contribution in [0.4, 0.5) is 4.39 Å². The van der Waals surface area contributed by atoms with Gasteiger partial charge < -0.3 is 15.4 Å².